The molecule has 0 unspecified atom stereocenters. The fourth-order valence-corrected chi connectivity index (χ4v) is 2.52. The SMILES string of the molecule is COCCCNS(=O)(=O)c1c(F)cc(N)cc1F. The number of methoxy groups -OCH3 is 1. The Morgan fingerprint density at radius 2 is 1.89 bits per heavy atom. The summed E-state index contributed by atoms with van der Waals surface area (Å²) in [4.78, 5) is -1.02. The lowest BCUT2D eigenvalue weighted by molar-refractivity contribution is 0.196. The van der Waals surface area contributed by atoms with Gasteiger partial charge in [0.25, 0.3) is 0 Å². The van der Waals surface area contributed by atoms with Gasteiger partial charge in [0.1, 0.15) is 11.6 Å². The van der Waals surface area contributed by atoms with E-state index in [4.69, 9.17) is 10.5 Å². The van der Waals surface area contributed by atoms with Crippen molar-refractivity contribution in [3.05, 3.63) is 23.8 Å². The second-order valence-electron chi connectivity index (χ2n) is 3.56. The summed E-state index contributed by atoms with van der Waals surface area (Å²) in [5.41, 5.74) is 5.02. The molecular formula is C10H14F2N2O3S. The lowest BCUT2D eigenvalue weighted by Crippen LogP contribution is -2.27. The smallest absolute Gasteiger partial charge is 0.246 e. The highest BCUT2D eigenvalue weighted by Gasteiger charge is 2.24. The summed E-state index contributed by atoms with van der Waals surface area (Å²) in [6, 6.07) is 1.51. The molecule has 0 heterocycles. The standard InChI is InChI=1S/C10H14F2N2O3S/c1-17-4-2-3-14-18(15,16)10-8(11)5-7(13)6-9(10)12/h5-6,14H,2-4,13H2,1H3. The largest absolute Gasteiger partial charge is 0.399 e. The highest BCUT2D eigenvalue weighted by Crippen LogP contribution is 2.21. The highest BCUT2D eigenvalue weighted by molar-refractivity contribution is 7.89. The van der Waals surface area contributed by atoms with E-state index >= 15 is 0 Å². The van der Waals surface area contributed by atoms with E-state index in [0.717, 1.165) is 12.1 Å². The van der Waals surface area contributed by atoms with Gasteiger partial charge in [-0.05, 0) is 18.6 Å². The van der Waals surface area contributed by atoms with Crippen molar-refractivity contribution in [3.8, 4) is 0 Å². The molecule has 0 fully saturated rings. The van der Waals surface area contributed by atoms with Gasteiger partial charge in [-0.25, -0.2) is 21.9 Å². The molecule has 0 saturated heterocycles. The van der Waals surface area contributed by atoms with Crippen molar-refractivity contribution in [2.24, 2.45) is 0 Å². The average molecular weight is 280 g/mol. The third kappa shape index (κ3) is 3.62. The van der Waals surface area contributed by atoms with Gasteiger partial charge in [-0.2, -0.15) is 0 Å². The van der Waals surface area contributed by atoms with Crippen LogP contribution in [0.1, 0.15) is 6.42 Å². The maximum atomic E-state index is 13.4. The maximum absolute atomic E-state index is 13.4. The number of nitrogen functional groups attached to an aromatic ring is 1. The second kappa shape index (κ2) is 6.07. The third-order valence-electron chi connectivity index (χ3n) is 2.11. The number of nitrogens with two attached hydrogens (primary N) is 1. The predicted octanol–water partition coefficient (Wildman–Crippen LogP) is 0.862. The third-order valence-corrected chi connectivity index (χ3v) is 3.62. The van der Waals surface area contributed by atoms with E-state index in [0.29, 0.717) is 13.0 Å². The molecule has 1 aromatic carbocycles. The molecule has 0 aromatic heterocycles. The Balaban J connectivity index is 2.92. The maximum Gasteiger partial charge on any atom is 0.246 e. The lowest BCUT2D eigenvalue weighted by Gasteiger charge is -2.09. The summed E-state index contributed by atoms with van der Waals surface area (Å²) < 4.78 is 57.0. The molecule has 0 atom stereocenters. The Hall–Kier alpha value is -1.25. The molecule has 18 heavy (non-hydrogen) atoms. The molecule has 0 aliphatic heterocycles. The number of ether oxygens (including phenoxy) is 1. The minimum Gasteiger partial charge on any atom is -0.399 e. The van der Waals surface area contributed by atoms with Crippen LogP contribution in [0.25, 0.3) is 0 Å². The van der Waals surface area contributed by atoms with E-state index < -0.39 is 26.6 Å². The molecule has 102 valence electrons. The van der Waals surface area contributed by atoms with E-state index in [1.165, 1.54) is 7.11 Å². The minimum atomic E-state index is -4.23. The summed E-state index contributed by atoms with van der Waals surface area (Å²) in [5, 5.41) is 0. The van der Waals surface area contributed by atoms with Gasteiger partial charge < -0.3 is 10.5 Å². The van der Waals surface area contributed by atoms with Gasteiger partial charge in [-0.15, -0.1) is 0 Å². The molecule has 0 radical (unpaired) electrons. The van der Waals surface area contributed by atoms with Crippen molar-refractivity contribution in [3.63, 3.8) is 0 Å². The number of sulfonamides is 1. The molecule has 5 nitrogen and oxygen atoms in total. The zero-order valence-electron chi connectivity index (χ0n) is 9.74. The summed E-state index contributed by atoms with van der Waals surface area (Å²) in [5.74, 6) is -2.43. The summed E-state index contributed by atoms with van der Waals surface area (Å²) in [6.07, 6.45) is 0.397. The van der Waals surface area contributed by atoms with Crippen LogP contribution in [0.2, 0.25) is 0 Å². The molecule has 0 aliphatic carbocycles. The van der Waals surface area contributed by atoms with Gasteiger partial charge in [0.05, 0.1) is 0 Å². The monoisotopic (exact) mass is 280 g/mol. The molecule has 0 bridgehead atoms. The zero-order valence-corrected chi connectivity index (χ0v) is 10.6. The number of rotatable bonds is 6. The van der Waals surface area contributed by atoms with E-state index in [2.05, 4.69) is 4.72 Å². The van der Waals surface area contributed by atoms with Crippen LogP contribution in [0.5, 0.6) is 0 Å². The molecule has 1 aromatic rings. The Morgan fingerprint density at radius 1 is 1.33 bits per heavy atom. The zero-order chi connectivity index (χ0) is 13.8. The van der Waals surface area contributed by atoms with Crippen molar-refractivity contribution in [1.29, 1.82) is 0 Å². The van der Waals surface area contributed by atoms with Crippen molar-refractivity contribution in [2.75, 3.05) is 26.0 Å². The van der Waals surface area contributed by atoms with Crippen LogP contribution in [0.15, 0.2) is 17.0 Å². The first-order valence-electron chi connectivity index (χ1n) is 5.11. The van der Waals surface area contributed by atoms with E-state index in [1.54, 1.807) is 0 Å². The molecule has 8 heteroatoms. The van der Waals surface area contributed by atoms with Crippen molar-refractivity contribution in [1.82, 2.24) is 4.72 Å². The van der Waals surface area contributed by atoms with Crippen molar-refractivity contribution >= 4 is 15.7 Å². The molecule has 1 rings (SSSR count). The summed E-state index contributed by atoms with van der Waals surface area (Å²) in [6.45, 7) is 0.370. The molecule has 0 spiro atoms. The summed E-state index contributed by atoms with van der Waals surface area (Å²) >= 11 is 0. The normalized spacial score (nSPS) is 11.7. The molecule has 0 saturated carbocycles. The number of benzene rings is 1. The first-order chi connectivity index (χ1) is 8.38. The number of nitrogens with one attached hydrogen (secondary N) is 1. The van der Waals surface area contributed by atoms with Crippen molar-refractivity contribution in [2.45, 2.75) is 11.3 Å². The number of anilines is 1. The molecule has 3 N–H and O–H groups in total. The molecular weight excluding hydrogens is 266 g/mol. The fraction of sp³-hybridized carbons (Fsp3) is 0.400. The number of hydrogen-bond donors (Lipinski definition) is 2. The highest BCUT2D eigenvalue weighted by atomic mass is 32.2. The van der Waals surface area contributed by atoms with Crippen LogP contribution >= 0.6 is 0 Å². The van der Waals surface area contributed by atoms with Crippen LogP contribution < -0.4 is 10.5 Å². The van der Waals surface area contributed by atoms with Gasteiger partial charge >= 0.3 is 0 Å². The van der Waals surface area contributed by atoms with E-state index in [1.807, 2.05) is 0 Å². The predicted molar refractivity (Wildman–Crippen MR) is 62.5 cm³/mol. The van der Waals surface area contributed by atoms with Crippen LogP contribution in [0.4, 0.5) is 14.5 Å². The quantitative estimate of drug-likeness (QED) is 0.598. The van der Waals surface area contributed by atoms with Crippen LogP contribution in [0.3, 0.4) is 0 Å². The van der Waals surface area contributed by atoms with Gasteiger partial charge in [-0.1, -0.05) is 0 Å². The first-order valence-corrected chi connectivity index (χ1v) is 6.60. The Morgan fingerprint density at radius 3 is 2.39 bits per heavy atom. The van der Waals surface area contributed by atoms with E-state index in [-0.39, 0.29) is 12.2 Å². The first kappa shape index (κ1) is 14.8. The lowest BCUT2D eigenvalue weighted by atomic mass is 10.3. The van der Waals surface area contributed by atoms with Crippen LogP contribution in [-0.4, -0.2) is 28.7 Å². The van der Waals surface area contributed by atoms with E-state index in [9.17, 15) is 17.2 Å². The molecule has 0 aliphatic rings. The van der Waals surface area contributed by atoms with Crippen molar-refractivity contribution < 1.29 is 21.9 Å². The fourth-order valence-electron chi connectivity index (χ4n) is 1.33. The Labute approximate surface area is 104 Å². The molecule has 0 amide bonds. The van der Waals surface area contributed by atoms with Gasteiger partial charge in [-0.3, -0.25) is 0 Å². The minimum absolute atomic E-state index is 0.0272. The van der Waals surface area contributed by atoms with Gasteiger partial charge in [0.15, 0.2) is 4.90 Å². The topological polar surface area (TPSA) is 81.4 Å². The summed E-state index contributed by atoms with van der Waals surface area (Å²) in [7, 11) is -2.76. The average Bonchev–Trinajstić information content (AvgIpc) is 2.22. The Bertz CT molecular complexity index is 497. The second-order valence-corrected chi connectivity index (χ2v) is 5.26. The Kier molecular flexibility index (Phi) is 5.00. The van der Waals surface area contributed by atoms with Gasteiger partial charge in [0, 0.05) is 25.9 Å². The van der Waals surface area contributed by atoms with Crippen LogP contribution in [-0.2, 0) is 14.8 Å². The number of hydrogen-bond acceptors (Lipinski definition) is 4. The van der Waals surface area contributed by atoms with Gasteiger partial charge in [0.2, 0.25) is 10.0 Å². The number of halogens is 2. The van der Waals surface area contributed by atoms with Crippen LogP contribution in [0, 0.1) is 11.6 Å².